The van der Waals surface area contributed by atoms with E-state index in [0.717, 1.165) is 35.2 Å². The molecule has 1 aromatic heterocycles. The maximum Gasteiger partial charge on any atom is 0.220 e. The maximum atomic E-state index is 11.8. The Morgan fingerprint density at radius 2 is 2.00 bits per heavy atom. The Morgan fingerprint density at radius 1 is 1.27 bits per heavy atom. The third-order valence-corrected chi connectivity index (χ3v) is 4.79. The molecule has 1 N–H and O–H groups in total. The van der Waals surface area contributed by atoms with Crippen LogP contribution in [0.1, 0.15) is 29.8 Å². The van der Waals surface area contributed by atoms with Crippen LogP contribution in [0, 0.1) is 13.8 Å². The zero-order valence-electron chi connectivity index (χ0n) is 13.1. The molecule has 0 saturated carbocycles. The zero-order chi connectivity index (χ0) is 15.9. The van der Waals surface area contributed by atoms with Crippen molar-refractivity contribution in [1.82, 2.24) is 15.1 Å². The van der Waals surface area contributed by atoms with E-state index in [1.54, 1.807) is 0 Å². The minimum Gasteiger partial charge on any atom is -0.356 e. The molecule has 1 heterocycles. The molecule has 0 aliphatic heterocycles. The highest BCUT2D eigenvalue weighted by Gasteiger charge is 2.08. The van der Waals surface area contributed by atoms with Gasteiger partial charge in [0, 0.05) is 25.2 Å². The zero-order valence-corrected chi connectivity index (χ0v) is 14.7. The summed E-state index contributed by atoms with van der Waals surface area (Å²) in [5.74, 6) is 0.110. The molecule has 0 aliphatic carbocycles. The van der Waals surface area contributed by atoms with Crippen LogP contribution in [0.2, 0.25) is 0 Å². The highest BCUT2D eigenvalue weighted by atomic mass is 79.9. The van der Waals surface area contributed by atoms with Gasteiger partial charge in [-0.25, -0.2) is 0 Å². The summed E-state index contributed by atoms with van der Waals surface area (Å²) < 4.78 is 3.05. The first-order valence-electron chi connectivity index (χ1n) is 7.58. The van der Waals surface area contributed by atoms with Crippen LogP contribution < -0.4 is 5.32 Å². The van der Waals surface area contributed by atoms with Crippen LogP contribution in [0.3, 0.4) is 0 Å². The molecule has 1 amide bonds. The maximum absolute atomic E-state index is 11.8. The molecule has 4 nitrogen and oxygen atoms in total. The molecule has 0 saturated heterocycles. The van der Waals surface area contributed by atoms with Crippen molar-refractivity contribution in [2.45, 2.75) is 39.7 Å². The van der Waals surface area contributed by atoms with Gasteiger partial charge in [0.25, 0.3) is 0 Å². The van der Waals surface area contributed by atoms with E-state index in [1.807, 2.05) is 48.9 Å². The van der Waals surface area contributed by atoms with E-state index < -0.39 is 0 Å². The van der Waals surface area contributed by atoms with E-state index in [0.29, 0.717) is 13.0 Å². The highest BCUT2D eigenvalue weighted by Crippen LogP contribution is 2.19. The summed E-state index contributed by atoms with van der Waals surface area (Å²) in [4.78, 5) is 11.8. The third kappa shape index (κ3) is 4.70. The fourth-order valence-corrected chi connectivity index (χ4v) is 2.62. The normalized spacial score (nSPS) is 10.7. The van der Waals surface area contributed by atoms with Crippen LogP contribution >= 0.6 is 15.9 Å². The van der Waals surface area contributed by atoms with Gasteiger partial charge in [-0.3, -0.25) is 9.48 Å². The molecule has 0 bridgehead atoms. The van der Waals surface area contributed by atoms with Crippen LogP contribution in [0.25, 0.3) is 0 Å². The van der Waals surface area contributed by atoms with Gasteiger partial charge in [-0.1, -0.05) is 30.3 Å². The fraction of sp³-hybridized carbons (Fsp3) is 0.412. The lowest BCUT2D eigenvalue weighted by atomic mass is 10.1. The average molecular weight is 364 g/mol. The lowest BCUT2D eigenvalue weighted by Crippen LogP contribution is -2.25. The summed E-state index contributed by atoms with van der Waals surface area (Å²) in [6, 6.07) is 10.1. The van der Waals surface area contributed by atoms with Gasteiger partial charge in [0.2, 0.25) is 5.91 Å². The predicted octanol–water partition coefficient (Wildman–Crippen LogP) is 3.40. The number of nitrogens with zero attached hydrogens (tertiary/aromatic N) is 2. The minimum absolute atomic E-state index is 0.110. The second-order valence-electron chi connectivity index (χ2n) is 5.40. The number of carbonyl (C=O) groups is 1. The van der Waals surface area contributed by atoms with Gasteiger partial charge in [-0.05, 0) is 48.2 Å². The number of carbonyl (C=O) groups excluding carboxylic acids is 1. The predicted molar refractivity (Wildman–Crippen MR) is 91.8 cm³/mol. The van der Waals surface area contributed by atoms with E-state index in [9.17, 15) is 4.79 Å². The Bertz CT molecular complexity index is 622. The molecular formula is C17H22BrN3O. The number of aryl methyl sites for hydroxylation is 3. The molecular weight excluding hydrogens is 342 g/mol. The number of benzene rings is 1. The van der Waals surface area contributed by atoms with Crippen molar-refractivity contribution in [3.63, 3.8) is 0 Å². The third-order valence-electron chi connectivity index (χ3n) is 3.65. The summed E-state index contributed by atoms with van der Waals surface area (Å²) in [6.45, 7) is 5.53. The lowest BCUT2D eigenvalue weighted by Gasteiger charge is -2.07. The van der Waals surface area contributed by atoms with Crippen molar-refractivity contribution < 1.29 is 4.79 Å². The number of aromatic nitrogens is 2. The van der Waals surface area contributed by atoms with Crippen LogP contribution in [0.5, 0.6) is 0 Å². The molecule has 1 aromatic carbocycles. The van der Waals surface area contributed by atoms with Crippen molar-refractivity contribution in [2.75, 3.05) is 6.54 Å². The first-order chi connectivity index (χ1) is 10.6. The van der Waals surface area contributed by atoms with E-state index in [4.69, 9.17) is 0 Å². The smallest absolute Gasteiger partial charge is 0.220 e. The van der Waals surface area contributed by atoms with Gasteiger partial charge in [0.1, 0.15) is 0 Å². The summed E-state index contributed by atoms with van der Waals surface area (Å²) in [7, 11) is 0. The number of nitrogens with one attached hydrogen (secondary N) is 1. The fourth-order valence-electron chi connectivity index (χ4n) is 2.34. The van der Waals surface area contributed by atoms with Gasteiger partial charge in [-0.15, -0.1) is 0 Å². The Hall–Kier alpha value is -1.62. The molecule has 0 radical (unpaired) electrons. The summed E-state index contributed by atoms with van der Waals surface area (Å²) in [6.07, 6.45) is 2.21. The number of rotatable bonds is 7. The van der Waals surface area contributed by atoms with Gasteiger partial charge in [0.15, 0.2) is 0 Å². The molecule has 0 fully saturated rings. The van der Waals surface area contributed by atoms with E-state index in [2.05, 4.69) is 26.3 Å². The largest absolute Gasteiger partial charge is 0.356 e. The van der Waals surface area contributed by atoms with Gasteiger partial charge < -0.3 is 5.32 Å². The molecule has 0 spiro atoms. The van der Waals surface area contributed by atoms with Crippen LogP contribution in [-0.2, 0) is 17.8 Å². The second-order valence-corrected chi connectivity index (χ2v) is 6.19. The van der Waals surface area contributed by atoms with E-state index >= 15 is 0 Å². The van der Waals surface area contributed by atoms with Crippen molar-refractivity contribution in [3.05, 3.63) is 51.8 Å². The van der Waals surface area contributed by atoms with Crippen molar-refractivity contribution in [2.24, 2.45) is 0 Å². The SMILES string of the molecule is Cc1nn(CCCNC(=O)CCc2ccccc2)c(C)c1Br. The number of halogens is 1. The molecule has 2 aromatic rings. The number of hydrogen-bond acceptors (Lipinski definition) is 2. The molecule has 2 rings (SSSR count). The standard InChI is InChI=1S/C17H22BrN3O/c1-13-17(18)14(2)21(20-13)12-6-11-19-16(22)10-9-15-7-4-3-5-8-15/h3-5,7-8H,6,9-12H2,1-2H3,(H,19,22). The summed E-state index contributed by atoms with van der Waals surface area (Å²) in [5, 5.41) is 7.43. The van der Waals surface area contributed by atoms with Gasteiger partial charge in [-0.2, -0.15) is 5.10 Å². The van der Waals surface area contributed by atoms with E-state index in [-0.39, 0.29) is 5.91 Å². The lowest BCUT2D eigenvalue weighted by molar-refractivity contribution is -0.121. The van der Waals surface area contributed by atoms with Crippen molar-refractivity contribution >= 4 is 21.8 Å². The Morgan fingerprint density at radius 3 is 2.64 bits per heavy atom. The molecule has 0 aliphatic rings. The van der Waals surface area contributed by atoms with Crippen molar-refractivity contribution in [3.8, 4) is 0 Å². The average Bonchev–Trinajstić information content (AvgIpc) is 2.78. The quantitative estimate of drug-likeness (QED) is 0.766. The topological polar surface area (TPSA) is 46.9 Å². The first kappa shape index (κ1) is 16.7. The molecule has 5 heteroatoms. The van der Waals surface area contributed by atoms with Crippen molar-refractivity contribution in [1.29, 1.82) is 0 Å². The molecule has 118 valence electrons. The highest BCUT2D eigenvalue weighted by molar-refractivity contribution is 9.10. The van der Waals surface area contributed by atoms with Crippen LogP contribution in [0.15, 0.2) is 34.8 Å². The van der Waals surface area contributed by atoms with Gasteiger partial charge >= 0.3 is 0 Å². The van der Waals surface area contributed by atoms with Crippen LogP contribution in [0.4, 0.5) is 0 Å². The Labute approximate surface area is 140 Å². The summed E-state index contributed by atoms with van der Waals surface area (Å²) in [5.41, 5.74) is 3.34. The molecule has 0 atom stereocenters. The van der Waals surface area contributed by atoms with Gasteiger partial charge in [0.05, 0.1) is 10.2 Å². The van der Waals surface area contributed by atoms with E-state index in [1.165, 1.54) is 5.56 Å². The first-order valence-corrected chi connectivity index (χ1v) is 8.37. The Balaban J connectivity index is 1.66. The Kier molecular flexibility index (Phi) is 6.19. The van der Waals surface area contributed by atoms with Crippen LogP contribution in [-0.4, -0.2) is 22.2 Å². The number of amides is 1. The second kappa shape index (κ2) is 8.13. The number of hydrogen-bond donors (Lipinski definition) is 1. The molecule has 0 unspecified atom stereocenters. The molecule has 22 heavy (non-hydrogen) atoms. The summed E-state index contributed by atoms with van der Waals surface area (Å²) >= 11 is 3.52. The minimum atomic E-state index is 0.110. The monoisotopic (exact) mass is 363 g/mol.